The van der Waals surface area contributed by atoms with Gasteiger partial charge >= 0.3 is 11.7 Å². The van der Waals surface area contributed by atoms with Gasteiger partial charge in [0.25, 0.3) is 0 Å². The zero-order valence-corrected chi connectivity index (χ0v) is 10.3. The van der Waals surface area contributed by atoms with Crippen LogP contribution in [0, 0.1) is 0 Å². The van der Waals surface area contributed by atoms with Crippen molar-refractivity contribution in [2.24, 2.45) is 0 Å². The van der Waals surface area contributed by atoms with E-state index in [-0.39, 0.29) is 25.2 Å². The van der Waals surface area contributed by atoms with Crippen LogP contribution in [0.15, 0.2) is 27.5 Å². The fourth-order valence-electron chi connectivity index (χ4n) is 1.64. The smallest absolute Gasteiger partial charge is 0.421 e. The number of nitrogens with zero attached hydrogens (tertiary/aromatic N) is 2. The summed E-state index contributed by atoms with van der Waals surface area (Å²) in [6.45, 7) is 1.60. The molecule has 7 nitrogen and oxygen atoms in total. The number of ether oxygens (including phenoxy) is 1. The number of Topliss-reactive ketones (excluding diaryl/α,β-unsaturated/α-hetero) is 1. The molecule has 0 amide bonds. The molecule has 100 valence electrons. The number of hydrogen-bond donors (Lipinski definition) is 0. The number of hydrogen-bond acceptors (Lipinski definition) is 6. The lowest BCUT2D eigenvalue weighted by molar-refractivity contribution is -0.145. The third kappa shape index (κ3) is 2.87. The average molecular weight is 264 g/mol. The molecule has 0 unspecified atom stereocenters. The van der Waals surface area contributed by atoms with Gasteiger partial charge in [-0.2, -0.15) is 0 Å². The largest absolute Gasteiger partial charge is 0.466 e. The molecule has 2 heterocycles. The molecular formula is C12H12N2O5. The van der Waals surface area contributed by atoms with E-state index < -0.39 is 17.5 Å². The number of carbonyl (C=O) groups excluding carboxylic acids is 2. The summed E-state index contributed by atoms with van der Waals surface area (Å²) in [5.41, 5.74) is 0.584. The molecule has 7 heteroatoms. The van der Waals surface area contributed by atoms with Crippen LogP contribution in [0.25, 0.3) is 11.2 Å². The van der Waals surface area contributed by atoms with Crippen molar-refractivity contribution in [2.75, 3.05) is 6.61 Å². The second kappa shape index (κ2) is 5.47. The first-order chi connectivity index (χ1) is 9.11. The molecule has 0 fully saturated rings. The summed E-state index contributed by atoms with van der Waals surface area (Å²) in [6, 6.07) is 3.20. The minimum atomic E-state index is -0.675. The van der Waals surface area contributed by atoms with Gasteiger partial charge in [-0.1, -0.05) is 0 Å². The molecule has 0 saturated carbocycles. The highest BCUT2D eigenvalue weighted by Gasteiger charge is 2.16. The molecule has 0 aliphatic carbocycles. The van der Waals surface area contributed by atoms with E-state index in [4.69, 9.17) is 4.42 Å². The van der Waals surface area contributed by atoms with Crippen LogP contribution in [0.2, 0.25) is 0 Å². The van der Waals surface area contributed by atoms with Crippen molar-refractivity contribution in [3.05, 3.63) is 28.9 Å². The van der Waals surface area contributed by atoms with Crippen molar-refractivity contribution in [1.82, 2.24) is 9.55 Å². The molecule has 0 bridgehead atoms. The molecule has 2 aromatic heterocycles. The quantitative estimate of drug-likeness (QED) is 0.577. The average Bonchev–Trinajstić information content (AvgIpc) is 2.66. The van der Waals surface area contributed by atoms with Gasteiger partial charge in [0.15, 0.2) is 17.0 Å². The van der Waals surface area contributed by atoms with Crippen LogP contribution < -0.4 is 5.76 Å². The fraction of sp³-hybridized carbons (Fsp3) is 0.333. The lowest BCUT2D eigenvalue weighted by atomic mass is 10.3. The van der Waals surface area contributed by atoms with E-state index in [0.29, 0.717) is 5.58 Å². The Hall–Kier alpha value is -2.44. The number of pyridine rings is 1. The summed E-state index contributed by atoms with van der Waals surface area (Å²) in [6.07, 6.45) is 1.11. The van der Waals surface area contributed by atoms with Crippen molar-refractivity contribution in [3.63, 3.8) is 0 Å². The van der Waals surface area contributed by atoms with E-state index >= 15 is 0 Å². The first-order valence-electron chi connectivity index (χ1n) is 5.73. The van der Waals surface area contributed by atoms with Crippen LogP contribution in [0.4, 0.5) is 0 Å². The summed E-state index contributed by atoms with van der Waals surface area (Å²) in [4.78, 5) is 38.4. The molecule has 0 aromatic carbocycles. The minimum absolute atomic E-state index is 0.211. The molecular weight excluding hydrogens is 252 g/mol. The third-order valence-electron chi connectivity index (χ3n) is 2.41. The zero-order chi connectivity index (χ0) is 13.8. The Kier molecular flexibility index (Phi) is 3.74. The second-order valence-corrected chi connectivity index (χ2v) is 3.80. The van der Waals surface area contributed by atoms with Gasteiger partial charge in [0.05, 0.1) is 13.2 Å². The predicted octanol–water partition coefficient (Wildman–Crippen LogP) is 0.512. The van der Waals surface area contributed by atoms with Gasteiger partial charge in [0, 0.05) is 6.20 Å². The lowest BCUT2D eigenvalue weighted by Crippen LogP contribution is -2.22. The van der Waals surface area contributed by atoms with E-state index in [1.54, 1.807) is 19.1 Å². The first kappa shape index (κ1) is 13.0. The maximum atomic E-state index is 11.7. The molecule has 0 saturated heterocycles. The van der Waals surface area contributed by atoms with E-state index in [1.807, 2.05) is 0 Å². The molecule has 2 rings (SSSR count). The Morgan fingerprint density at radius 1 is 1.47 bits per heavy atom. The number of esters is 1. The highest BCUT2D eigenvalue weighted by atomic mass is 16.5. The van der Waals surface area contributed by atoms with Crippen molar-refractivity contribution in [1.29, 1.82) is 0 Å². The van der Waals surface area contributed by atoms with Gasteiger partial charge in [-0.05, 0) is 19.1 Å². The van der Waals surface area contributed by atoms with E-state index in [0.717, 1.165) is 4.57 Å². The fourth-order valence-corrected chi connectivity index (χ4v) is 1.64. The Morgan fingerprint density at radius 3 is 3.00 bits per heavy atom. The van der Waals surface area contributed by atoms with Gasteiger partial charge in [-0.15, -0.1) is 0 Å². The maximum absolute atomic E-state index is 11.7. The topological polar surface area (TPSA) is 91.4 Å². The highest BCUT2D eigenvalue weighted by molar-refractivity contribution is 5.95. The minimum Gasteiger partial charge on any atom is -0.466 e. The Bertz CT molecular complexity index is 670. The summed E-state index contributed by atoms with van der Waals surface area (Å²) >= 11 is 0. The first-order valence-corrected chi connectivity index (χ1v) is 5.73. The van der Waals surface area contributed by atoms with Crippen molar-refractivity contribution >= 4 is 23.0 Å². The van der Waals surface area contributed by atoms with Crippen LogP contribution in [0.3, 0.4) is 0 Å². The Balaban J connectivity index is 2.17. The van der Waals surface area contributed by atoms with Gasteiger partial charge in [0.2, 0.25) is 0 Å². The summed E-state index contributed by atoms with van der Waals surface area (Å²) in [7, 11) is 0. The zero-order valence-electron chi connectivity index (χ0n) is 10.3. The molecule has 19 heavy (non-hydrogen) atoms. The summed E-state index contributed by atoms with van der Waals surface area (Å²) < 4.78 is 10.7. The molecule has 0 N–H and O–H groups in total. The molecule has 0 atom stereocenters. The van der Waals surface area contributed by atoms with Gasteiger partial charge < -0.3 is 9.15 Å². The third-order valence-corrected chi connectivity index (χ3v) is 2.41. The van der Waals surface area contributed by atoms with Gasteiger partial charge in [-0.25, -0.2) is 9.78 Å². The van der Waals surface area contributed by atoms with Crippen LogP contribution in [-0.4, -0.2) is 27.9 Å². The molecule has 0 aliphatic heterocycles. The number of fused-ring (bicyclic) bond motifs is 1. The standard InChI is InChI=1S/C12H12N2O5/c1-2-18-10(16)6-8(15)7-14-11-9(19-12(14)17)4-3-5-13-11/h3-5H,2,6-7H2,1H3. The maximum Gasteiger partial charge on any atom is 0.421 e. The molecule has 2 aromatic rings. The summed E-state index contributed by atoms with van der Waals surface area (Å²) in [5, 5.41) is 0. The number of aromatic nitrogens is 2. The SMILES string of the molecule is CCOC(=O)CC(=O)Cn1c(=O)oc2cccnc21. The normalized spacial score (nSPS) is 10.6. The molecule has 0 spiro atoms. The summed E-state index contributed by atoms with van der Waals surface area (Å²) in [5.74, 6) is -1.72. The Morgan fingerprint density at radius 2 is 2.26 bits per heavy atom. The molecule has 0 radical (unpaired) electrons. The Labute approximate surface area is 107 Å². The van der Waals surface area contributed by atoms with Crippen LogP contribution in [-0.2, 0) is 20.9 Å². The van der Waals surface area contributed by atoms with E-state index in [2.05, 4.69) is 9.72 Å². The number of carbonyl (C=O) groups is 2. The molecule has 0 aliphatic rings. The van der Waals surface area contributed by atoms with Crippen LogP contribution >= 0.6 is 0 Å². The van der Waals surface area contributed by atoms with Crippen molar-refractivity contribution in [3.8, 4) is 0 Å². The van der Waals surface area contributed by atoms with Crippen molar-refractivity contribution in [2.45, 2.75) is 19.9 Å². The van der Waals surface area contributed by atoms with E-state index in [1.165, 1.54) is 6.20 Å². The lowest BCUT2D eigenvalue weighted by Gasteiger charge is -2.01. The van der Waals surface area contributed by atoms with Gasteiger partial charge in [0.1, 0.15) is 6.42 Å². The number of ketones is 1. The monoisotopic (exact) mass is 264 g/mol. The predicted molar refractivity (Wildman–Crippen MR) is 64.5 cm³/mol. The van der Waals surface area contributed by atoms with Gasteiger partial charge in [-0.3, -0.25) is 14.2 Å². The van der Waals surface area contributed by atoms with Crippen molar-refractivity contribution < 1.29 is 18.7 Å². The van der Waals surface area contributed by atoms with E-state index in [9.17, 15) is 14.4 Å². The van der Waals surface area contributed by atoms with Crippen LogP contribution in [0.1, 0.15) is 13.3 Å². The number of rotatable bonds is 5. The highest BCUT2D eigenvalue weighted by Crippen LogP contribution is 2.08. The van der Waals surface area contributed by atoms with Crippen LogP contribution in [0.5, 0.6) is 0 Å². The number of oxazole rings is 1. The second-order valence-electron chi connectivity index (χ2n) is 3.80.